The minimum atomic E-state index is -0.0611. The van der Waals surface area contributed by atoms with Gasteiger partial charge in [0.25, 0.3) is 0 Å². The third kappa shape index (κ3) is 2.40. The monoisotopic (exact) mass is 141 g/mol. The Kier molecular flexibility index (Phi) is 4.13. The Morgan fingerprint density at radius 3 is 2.10 bits per heavy atom. The van der Waals surface area contributed by atoms with Crippen LogP contribution < -0.4 is 34.7 Å². The van der Waals surface area contributed by atoms with Crippen molar-refractivity contribution in [1.29, 1.82) is 5.26 Å². The minimum absolute atomic E-state index is 0. The summed E-state index contributed by atoms with van der Waals surface area (Å²) in [4.78, 5) is 0. The van der Waals surface area contributed by atoms with Crippen LogP contribution in [-0.4, -0.2) is 0 Å². The van der Waals surface area contributed by atoms with E-state index in [1.807, 2.05) is 6.07 Å². The fourth-order valence-corrected chi connectivity index (χ4v) is 0.529. The summed E-state index contributed by atoms with van der Waals surface area (Å²) in [5.41, 5.74) is 0.523. The summed E-state index contributed by atoms with van der Waals surface area (Å²) >= 11 is 0. The van der Waals surface area contributed by atoms with E-state index < -0.39 is 0 Å². The molecule has 0 spiro atoms. The molecule has 0 amide bonds. The van der Waals surface area contributed by atoms with Gasteiger partial charge in [0.15, 0.2) is 0 Å². The van der Waals surface area contributed by atoms with E-state index in [2.05, 4.69) is 0 Å². The van der Waals surface area contributed by atoms with E-state index in [4.69, 9.17) is 5.26 Å². The van der Waals surface area contributed by atoms with E-state index in [0.29, 0.717) is 5.56 Å². The molecule has 44 valence electrons. The smallest absolute Gasteiger partial charge is 0.872 e. The van der Waals surface area contributed by atoms with Crippen LogP contribution in [0.3, 0.4) is 0 Å². The molecule has 0 fully saturated rings. The third-order valence-corrected chi connectivity index (χ3v) is 0.983. The summed E-state index contributed by atoms with van der Waals surface area (Å²) in [6, 6.07) is 7.67. The van der Waals surface area contributed by atoms with E-state index >= 15 is 0 Å². The van der Waals surface area contributed by atoms with E-state index in [9.17, 15) is 5.11 Å². The Balaban J connectivity index is 0.000000810. The summed E-state index contributed by atoms with van der Waals surface area (Å²) in [5.74, 6) is -0.0611. The predicted molar refractivity (Wildman–Crippen MR) is 30.6 cm³/mol. The first kappa shape index (κ1) is 9.51. The molecule has 0 N–H and O–H groups in total. The first-order valence-electron chi connectivity index (χ1n) is 2.50. The summed E-state index contributed by atoms with van der Waals surface area (Å²) in [6.07, 6.45) is 0. The zero-order valence-corrected chi connectivity index (χ0v) is 7.66. The SMILES string of the molecule is N#Cc1ccc([O-])cc1.[Na+]. The molecule has 0 aromatic heterocycles. The molecule has 10 heavy (non-hydrogen) atoms. The van der Waals surface area contributed by atoms with Crippen molar-refractivity contribution in [2.45, 2.75) is 0 Å². The van der Waals surface area contributed by atoms with Gasteiger partial charge in [-0.1, -0.05) is 12.1 Å². The first-order valence-corrected chi connectivity index (χ1v) is 2.50. The molecule has 0 aliphatic heterocycles. The molecule has 0 saturated heterocycles. The van der Waals surface area contributed by atoms with Crippen molar-refractivity contribution in [3.63, 3.8) is 0 Å². The number of hydrogen-bond acceptors (Lipinski definition) is 2. The van der Waals surface area contributed by atoms with Crippen molar-refractivity contribution in [3.8, 4) is 11.8 Å². The topological polar surface area (TPSA) is 46.8 Å². The number of benzene rings is 1. The molecular weight excluding hydrogens is 137 g/mol. The van der Waals surface area contributed by atoms with Gasteiger partial charge in [-0.2, -0.15) is 5.26 Å². The molecular formula is C7H4NNaO. The Labute approximate surface area is 81.4 Å². The first-order chi connectivity index (χ1) is 4.33. The molecule has 0 saturated carbocycles. The van der Waals surface area contributed by atoms with Gasteiger partial charge >= 0.3 is 29.6 Å². The van der Waals surface area contributed by atoms with Crippen molar-refractivity contribution in [2.75, 3.05) is 0 Å². The number of rotatable bonds is 0. The average Bonchev–Trinajstić information content (AvgIpc) is 1.90. The van der Waals surface area contributed by atoms with Crippen LogP contribution in [0, 0.1) is 11.3 Å². The Morgan fingerprint density at radius 2 is 1.70 bits per heavy atom. The van der Waals surface area contributed by atoms with Crippen molar-refractivity contribution < 1.29 is 34.7 Å². The van der Waals surface area contributed by atoms with Gasteiger partial charge in [-0.15, -0.1) is 5.75 Å². The quantitative estimate of drug-likeness (QED) is 0.379. The molecule has 0 atom stereocenters. The molecule has 1 rings (SSSR count). The third-order valence-electron chi connectivity index (χ3n) is 0.983. The van der Waals surface area contributed by atoms with Gasteiger partial charge < -0.3 is 5.11 Å². The molecule has 0 heterocycles. The van der Waals surface area contributed by atoms with E-state index in [0.717, 1.165) is 0 Å². The number of hydrogen-bond donors (Lipinski definition) is 0. The van der Waals surface area contributed by atoms with Gasteiger partial charge in [0.05, 0.1) is 11.6 Å². The predicted octanol–water partition coefficient (Wildman–Crippen LogP) is -2.36. The van der Waals surface area contributed by atoms with Gasteiger partial charge in [-0.25, -0.2) is 0 Å². The molecule has 1 aromatic rings. The summed E-state index contributed by atoms with van der Waals surface area (Å²) < 4.78 is 0. The second kappa shape index (κ2) is 4.35. The van der Waals surface area contributed by atoms with Crippen molar-refractivity contribution >= 4 is 0 Å². The molecule has 0 radical (unpaired) electrons. The zero-order chi connectivity index (χ0) is 6.69. The second-order valence-corrected chi connectivity index (χ2v) is 1.64. The Hall–Kier alpha value is -0.490. The Morgan fingerprint density at radius 1 is 1.20 bits per heavy atom. The molecule has 0 aliphatic rings. The average molecular weight is 141 g/mol. The summed E-state index contributed by atoms with van der Waals surface area (Å²) in [5, 5.41) is 18.7. The van der Waals surface area contributed by atoms with Crippen molar-refractivity contribution in [1.82, 2.24) is 0 Å². The fraction of sp³-hybridized carbons (Fsp3) is 0. The van der Waals surface area contributed by atoms with Gasteiger partial charge in [-0.3, -0.25) is 0 Å². The molecule has 0 unspecified atom stereocenters. The van der Waals surface area contributed by atoms with Crippen molar-refractivity contribution in [2.24, 2.45) is 0 Å². The fourth-order valence-electron chi connectivity index (χ4n) is 0.529. The molecule has 2 nitrogen and oxygen atoms in total. The van der Waals surface area contributed by atoms with Crippen LogP contribution in [0.4, 0.5) is 0 Å². The summed E-state index contributed by atoms with van der Waals surface area (Å²) in [7, 11) is 0. The van der Waals surface area contributed by atoms with Crippen LogP contribution in [0.25, 0.3) is 0 Å². The standard InChI is InChI=1S/C7H5NO.Na/c8-5-6-1-3-7(9)4-2-6;/h1-4,9H;/q;+1/p-1. The Bertz CT molecular complexity index is 237. The minimum Gasteiger partial charge on any atom is -0.872 e. The molecule has 0 bridgehead atoms. The molecule has 1 aromatic carbocycles. The van der Waals surface area contributed by atoms with Gasteiger partial charge in [0, 0.05) is 0 Å². The van der Waals surface area contributed by atoms with Crippen LogP contribution in [-0.2, 0) is 0 Å². The van der Waals surface area contributed by atoms with Crippen LogP contribution in [0.15, 0.2) is 24.3 Å². The van der Waals surface area contributed by atoms with E-state index in [1.165, 1.54) is 24.3 Å². The second-order valence-electron chi connectivity index (χ2n) is 1.64. The van der Waals surface area contributed by atoms with Gasteiger partial charge in [0.2, 0.25) is 0 Å². The van der Waals surface area contributed by atoms with Crippen molar-refractivity contribution in [3.05, 3.63) is 29.8 Å². The zero-order valence-electron chi connectivity index (χ0n) is 5.66. The molecule has 0 aliphatic carbocycles. The van der Waals surface area contributed by atoms with E-state index in [1.54, 1.807) is 0 Å². The van der Waals surface area contributed by atoms with Crippen LogP contribution >= 0.6 is 0 Å². The summed E-state index contributed by atoms with van der Waals surface area (Å²) in [6.45, 7) is 0. The maximum absolute atomic E-state index is 10.4. The maximum Gasteiger partial charge on any atom is 1.00 e. The van der Waals surface area contributed by atoms with E-state index in [-0.39, 0.29) is 35.3 Å². The van der Waals surface area contributed by atoms with Crippen LogP contribution in [0.5, 0.6) is 5.75 Å². The maximum atomic E-state index is 10.4. The van der Waals surface area contributed by atoms with Gasteiger partial charge in [-0.05, 0) is 12.1 Å². The largest absolute Gasteiger partial charge is 1.00 e. The molecule has 3 heteroatoms. The number of nitriles is 1. The van der Waals surface area contributed by atoms with Crippen LogP contribution in [0.1, 0.15) is 5.56 Å². The van der Waals surface area contributed by atoms with Crippen LogP contribution in [0.2, 0.25) is 0 Å². The van der Waals surface area contributed by atoms with Gasteiger partial charge in [0.1, 0.15) is 0 Å². The number of nitrogens with zero attached hydrogens (tertiary/aromatic N) is 1. The normalized spacial score (nSPS) is 7.50.